The van der Waals surface area contributed by atoms with Crippen LogP contribution in [0.15, 0.2) is 36.9 Å². The molecule has 0 amide bonds. The second-order valence-electron chi connectivity index (χ2n) is 4.94. The first-order chi connectivity index (χ1) is 9.69. The Labute approximate surface area is 122 Å². The number of benzene rings is 1. The number of hydrogen-bond donors (Lipinski definition) is 1. The van der Waals surface area contributed by atoms with Crippen LogP contribution in [-0.2, 0) is 22.4 Å². The Bertz CT molecular complexity index is 412. The number of hydrogen-bond acceptors (Lipinski definition) is 3. The second-order valence-corrected chi connectivity index (χ2v) is 4.94. The van der Waals surface area contributed by atoms with Crippen molar-refractivity contribution in [1.29, 1.82) is 0 Å². The van der Waals surface area contributed by atoms with Crippen molar-refractivity contribution in [2.75, 3.05) is 13.7 Å². The van der Waals surface area contributed by atoms with Gasteiger partial charge in [-0.25, -0.2) is 0 Å². The van der Waals surface area contributed by atoms with E-state index in [2.05, 4.69) is 43.1 Å². The molecule has 1 rings (SSSR count). The van der Waals surface area contributed by atoms with Gasteiger partial charge in [-0.15, -0.1) is 6.58 Å². The molecule has 1 unspecified atom stereocenters. The Morgan fingerprint density at radius 3 is 2.55 bits per heavy atom. The average molecular weight is 275 g/mol. The molecule has 0 fully saturated rings. The van der Waals surface area contributed by atoms with Gasteiger partial charge in [0.25, 0.3) is 0 Å². The summed E-state index contributed by atoms with van der Waals surface area (Å²) in [7, 11) is 1.42. The lowest BCUT2D eigenvalue weighted by Crippen LogP contribution is -2.33. The minimum Gasteiger partial charge on any atom is -0.469 e. The van der Waals surface area contributed by atoms with Gasteiger partial charge in [0.1, 0.15) is 0 Å². The van der Waals surface area contributed by atoms with E-state index in [-0.39, 0.29) is 12.0 Å². The first kappa shape index (κ1) is 16.4. The summed E-state index contributed by atoms with van der Waals surface area (Å²) in [5.74, 6) is -0.186. The van der Waals surface area contributed by atoms with Crippen molar-refractivity contribution >= 4 is 5.97 Å². The van der Waals surface area contributed by atoms with Gasteiger partial charge < -0.3 is 10.1 Å². The molecule has 0 spiro atoms. The van der Waals surface area contributed by atoms with Gasteiger partial charge in [0, 0.05) is 12.6 Å². The molecule has 0 saturated carbocycles. The standard InChI is InChI=1S/C17H25NO2/c1-4-6-14-7-9-15(10-8-14)12-16(18-11-5-2)13-17(19)20-3/h5,7-10,16,18H,2,4,6,11-13H2,1,3H3. The molecular weight excluding hydrogens is 250 g/mol. The largest absolute Gasteiger partial charge is 0.469 e. The third kappa shape index (κ3) is 6.02. The van der Waals surface area contributed by atoms with E-state index in [1.807, 2.05) is 0 Å². The molecule has 0 aliphatic heterocycles. The fourth-order valence-corrected chi connectivity index (χ4v) is 2.17. The molecule has 20 heavy (non-hydrogen) atoms. The highest BCUT2D eigenvalue weighted by Gasteiger charge is 2.14. The van der Waals surface area contributed by atoms with Gasteiger partial charge in [-0.05, 0) is 24.0 Å². The summed E-state index contributed by atoms with van der Waals surface area (Å²) in [5, 5.41) is 3.30. The van der Waals surface area contributed by atoms with Crippen LogP contribution in [0.25, 0.3) is 0 Å². The third-order valence-corrected chi connectivity index (χ3v) is 3.24. The highest BCUT2D eigenvalue weighted by Crippen LogP contribution is 2.10. The van der Waals surface area contributed by atoms with Crippen molar-refractivity contribution in [2.45, 2.75) is 38.6 Å². The maximum absolute atomic E-state index is 11.4. The van der Waals surface area contributed by atoms with Crippen LogP contribution in [0.5, 0.6) is 0 Å². The summed E-state index contributed by atoms with van der Waals surface area (Å²) >= 11 is 0. The van der Waals surface area contributed by atoms with Crippen molar-refractivity contribution in [3.05, 3.63) is 48.0 Å². The summed E-state index contributed by atoms with van der Waals surface area (Å²) in [6, 6.07) is 8.70. The van der Waals surface area contributed by atoms with E-state index in [9.17, 15) is 4.79 Å². The fraction of sp³-hybridized carbons (Fsp3) is 0.471. The topological polar surface area (TPSA) is 38.3 Å². The van der Waals surface area contributed by atoms with Crippen LogP contribution in [0.1, 0.15) is 30.9 Å². The SMILES string of the molecule is C=CCNC(CC(=O)OC)Cc1ccc(CCC)cc1. The summed E-state index contributed by atoms with van der Waals surface area (Å²) in [4.78, 5) is 11.4. The van der Waals surface area contributed by atoms with Crippen LogP contribution in [0.3, 0.4) is 0 Å². The van der Waals surface area contributed by atoms with Gasteiger partial charge in [-0.2, -0.15) is 0 Å². The summed E-state index contributed by atoms with van der Waals surface area (Å²) in [6.45, 7) is 6.56. The summed E-state index contributed by atoms with van der Waals surface area (Å²) in [5.41, 5.74) is 2.59. The fourth-order valence-electron chi connectivity index (χ4n) is 2.17. The first-order valence-corrected chi connectivity index (χ1v) is 7.18. The van der Waals surface area contributed by atoms with Crippen molar-refractivity contribution in [3.8, 4) is 0 Å². The lowest BCUT2D eigenvalue weighted by molar-refractivity contribution is -0.141. The summed E-state index contributed by atoms with van der Waals surface area (Å²) < 4.78 is 4.74. The third-order valence-electron chi connectivity index (χ3n) is 3.24. The van der Waals surface area contributed by atoms with Crippen molar-refractivity contribution in [3.63, 3.8) is 0 Å². The van der Waals surface area contributed by atoms with E-state index >= 15 is 0 Å². The van der Waals surface area contributed by atoms with Crippen LogP contribution >= 0.6 is 0 Å². The van der Waals surface area contributed by atoms with Crippen LogP contribution in [0.2, 0.25) is 0 Å². The second kappa shape index (κ2) is 9.32. The highest BCUT2D eigenvalue weighted by molar-refractivity contribution is 5.70. The van der Waals surface area contributed by atoms with Crippen molar-refractivity contribution in [2.24, 2.45) is 0 Å². The van der Waals surface area contributed by atoms with Crippen LogP contribution < -0.4 is 5.32 Å². The smallest absolute Gasteiger partial charge is 0.307 e. The molecule has 0 aromatic heterocycles. The highest BCUT2D eigenvalue weighted by atomic mass is 16.5. The normalized spacial score (nSPS) is 11.9. The Morgan fingerprint density at radius 2 is 2.00 bits per heavy atom. The van der Waals surface area contributed by atoms with Crippen LogP contribution in [0, 0.1) is 0 Å². The monoisotopic (exact) mass is 275 g/mol. The number of rotatable bonds is 9. The number of aryl methyl sites for hydroxylation is 1. The molecule has 1 aromatic carbocycles. The summed E-state index contributed by atoms with van der Waals surface area (Å²) in [6.07, 6.45) is 5.26. The lowest BCUT2D eigenvalue weighted by Gasteiger charge is -2.17. The van der Waals surface area contributed by atoms with Gasteiger partial charge in [-0.3, -0.25) is 4.79 Å². The molecule has 0 radical (unpaired) electrons. The van der Waals surface area contributed by atoms with Gasteiger partial charge in [0.05, 0.1) is 13.5 Å². The predicted octanol–water partition coefficient (Wildman–Crippen LogP) is 2.89. The van der Waals surface area contributed by atoms with E-state index in [0.717, 1.165) is 19.3 Å². The van der Waals surface area contributed by atoms with Gasteiger partial charge in [0.15, 0.2) is 0 Å². The van der Waals surface area contributed by atoms with E-state index in [4.69, 9.17) is 4.74 Å². The van der Waals surface area contributed by atoms with E-state index < -0.39 is 0 Å². The Hall–Kier alpha value is -1.61. The first-order valence-electron chi connectivity index (χ1n) is 7.18. The molecule has 0 aliphatic carbocycles. The molecule has 0 saturated heterocycles. The molecule has 1 atom stereocenters. The quantitative estimate of drug-likeness (QED) is 0.556. The van der Waals surface area contributed by atoms with Crippen molar-refractivity contribution in [1.82, 2.24) is 5.32 Å². The molecule has 1 N–H and O–H groups in total. The average Bonchev–Trinajstić information content (AvgIpc) is 2.47. The van der Waals surface area contributed by atoms with Gasteiger partial charge in [-0.1, -0.05) is 43.7 Å². The van der Waals surface area contributed by atoms with Gasteiger partial charge in [0.2, 0.25) is 0 Å². The van der Waals surface area contributed by atoms with Gasteiger partial charge >= 0.3 is 5.97 Å². The van der Waals surface area contributed by atoms with E-state index in [1.54, 1.807) is 6.08 Å². The number of carbonyl (C=O) groups excluding carboxylic acids is 1. The molecular formula is C17H25NO2. The number of nitrogens with one attached hydrogen (secondary N) is 1. The van der Waals surface area contributed by atoms with E-state index in [1.165, 1.54) is 18.2 Å². The molecule has 1 aromatic rings. The zero-order valence-electron chi connectivity index (χ0n) is 12.5. The zero-order chi connectivity index (χ0) is 14.8. The Kier molecular flexibility index (Phi) is 7.66. The Morgan fingerprint density at radius 1 is 1.35 bits per heavy atom. The number of carbonyl (C=O) groups is 1. The van der Waals surface area contributed by atoms with Crippen molar-refractivity contribution < 1.29 is 9.53 Å². The molecule has 0 aliphatic rings. The maximum atomic E-state index is 11.4. The van der Waals surface area contributed by atoms with Crippen LogP contribution in [0.4, 0.5) is 0 Å². The van der Waals surface area contributed by atoms with Crippen LogP contribution in [-0.4, -0.2) is 25.7 Å². The molecule has 3 heteroatoms. The molecule has 3 nitrogen and oxygen atoms in total. The molecule has 0 bridgehead atoms. The predicted molar refractivity (Wildman–Crippen MR) is 82.8 cm³/mol. The maximum Gasteiger partial charge on any atom is 0.307 e. The molecule has 0 heterocycles. The number of ether oxygens (including phenoxy) is 1. The lowest BCUT2D eigenvalue weighted by atomic mass is 10.0. The Balaban J connectivity index is 2.62. The minimum absolute atomic E-state index is 0.0810. The number of methoxy groups -OCH3 is 1. The number of esters is 1. The zero-order valence-corrected chi connectivity index (χ0v) is 12.5. The molecule has 110 valence electrons. The van der Waals surface area contributed by atoms with E-state index in [0.29, 0.717) is 13.0 Å². The minimum atomic E-state index is -0.186.